The molecule has 1 unspecified atom stereocenters. The number of carbonyl (C=O) groups is 1. The molecule has 0 bridgehead atoms. The van der Waals surface area contributed by atoms with Gasteiger partial charge < -0.3 is 10.6 Å². The Kier molecular flexibility index (Phi) is 6.52. The number of hydrogen-bond acceptors (Lipinski definition) is 5. The van der Waals surface area contributed by atoms with Gasteiger partial charge in [-0.3, -0.25) is 4.79 Å². The maximum absolute atomic E-state index is 12.1. The van der Waals surface area contributed by atoms with Crippen molar-refractivity contribution in [1.29, 1.82) is 0 Å². The molecule has 0 aromatic carbocycles. The summed E-state index contributed by atoms with van der Waals surface area (Å²) in [6.07, 6.45) is 2.26. The van der Waals surface area contributed by atoms with Crippen molar-refractivity contribution in [2.24, 2.45) is 0 Å². The van der Waals surface area contributed by atoms with E-state index in [0.29, 0.717) is 18.4 Å². The highest BCUT2D eigenvalue weighted by molar-refractivity contribution is 5.90. The molecular weight excluding hydrogens is 327 g/mol. The van der Waals surface area contributed by atoms with Gasteiger partial charge in [-0.1, -0.05) is 0 Å². The highest BCUT2D eigenvalue weighted by atomic mass is 35.5. The number of aromatic nitrogens is 4. The minimum atomic E-state index is -0.249. The van der Waals surface area contributed by atoms with Crippen LogP contribution < -0.4 is 10.6 Å². The summed E-state index contributed by atoms with van der Waals surface area (Å²) in [5, 5.41) is 10.4. The van der Waals surface area contributed by atoms with E-state index in [-0.39, 0.29) is 36.5 Å². The predicted molar refractivity (Wildman–Crippen MR) is 88.1 cm³/mol. The lowest BCUT2D eigenvalue weighted by Gasteiger charge is -2.09. The summed E-state index contributed by atoms with van der Waals surface area (Å²) < 4.78 is 1.59. The van der Waals surface area contributed by atoms with Gasteiger partial charge in [-0.15, -0.1) is 29.9 Å². The van der Waals surface area contributed by atoms with Crippen LogP contribution in [0.4, 0.5) is 0 Å². The van der Waals surface area contributed by atoms with Crippen molar-refractivity contribution < 1.29 is 4.79 Å². The number of halogens is 2. The van der Waals surface area contributed by atoms with Crippen LogP contribution in [0, 0.1) is 13.8 Å². The Hall–Kier alpha value is -1.44. The first kappa shape index (κ1) is 18.6. The van der Waals surface area contributed by atoms with Crippen molar-refractivity contribution in [3.05, 3.63) is 23.3 Å². The summed E-state index contributed by atoms with van der Waals surface area (Å²) in [7, 11) is 0. The third-order valence-corrected chi connectivity index (χ3v) is 3.49. The van der Waals surface area contributed by atoms with E-state index in [9.17, 15) is 4.79 Å². The molecule has 2 aromatic heterocycles. The van der Waals surface area contributed by atoms with E-state index in [4.69, 9.17) is 0 Å². The first-order valence-electron chi connectivity index (χ1n) is 6.86. The first-order valence-corrected chi connectivity index (χ1v) is 6.86. The predicted octanol–water partition coefficient (Wildman–Crippen LogP) is 1.07. The summed E-state index contributed by atoms with van der Waals surface area (Å²) in [6.45, 7) is 5.45. The Bertz CT molecular complexity index is 653. The Morgan fingerprint density at radius 3 is 2.86 bits per heavy atom. The standard InChI is InChI=1S/C13H18N6O.2ClH/c1-8-6-9(2)19-13(16-8)17-11(18-19)12(20)15-7-10-4-3-5-14-10;;/h6,10,14H,3-5,7H2,1-2H3,(H,15,20);2*1H. The van der Waals surface area contributed by atoms with E-state index in [2.05, 4.69) is 25.7 Å². The second-order valence-corrected chi connectivity index (χ2v) is 5.19. The molecule has 3 heterocycles. The fraction of sp³-hybridized carbons (Fsp3) is 0.538. The Morgan fingerprint density at radius 2 is 2.18 bits per heavy atom. The molecule has 2 N–H and O–H groups in total. The molecule has 0 spiro atoms. The number of nitrogens with zero attached hydrogens (tertiary/aromatic N) is 4. The van der Waals surface area contributed by atoms with Gasteiger partial charge in [-0.05, 0) is 39.3 Å². The van der Waals surface area contributed by atoms with Gasteiger partial charge in [0.15, 0.2) is 0 Å². The number of aryl methyl sites for hydroxylation is 2. The quantitative estimate of drug-likeness (QED) is 0.868. The summed E-state index contributed by atoms with van der Waals surface area (Å²) in [4.78, 5) is 20.5. The molecule has 0 aliphatic carbocycles. The van der Waals surface area contributed by atoms with Crippen molar-refractivity contribution in [2.45, 2.75) is 32.7 Å². The van der Waals surface area contributed by atoms with E-state index in [1.54, 1.807) is 4.52 Å². The summed E-state index contributed by atoms with van der Waals surface area (Å²) in [5.74, 6) is 0.386. The number of nitrogens with one attached hydrogen (secondary N) is 2. The van der Waals surface area contributed by atoms with E-state index < -0.39 is 0 Å². The Balaban J connectivity index is 0.00000121. The molecule has 7 nitrogen and oxygen atoms in total. The van der Waals surface area contributed by atoms with E-state index in [1.165, 1.54) is 0 Å². The highest BCUT2D eigenvalue weighted by Gasteiger charge is 2.18. The largest absolute Gasteiger partial charge is 0.348 e. The van der Waals surface area contributed by atoms with Gasteiger partial charge in [0.05, 0.1) is 0 Å². The molecule has 0 saturated carbocycles. The molecule has 3 rings (SSSR count). The van der Waals surface area contributed by atoms with Gasteiger partial charge >= 0.3 is 0 Å². The van der Waals surface area contributed by atoms with Gasteiger partial charge in [0.1, 0.15) is 0 Å². The smallest absolute Gasteiger partial charge is 0.291 e. The lowest BCUT2D eigenvalue weighted by atomic mass is 10.2. The number of carbonyl (C=O) groups excluding carboxylic acids is 1. The zero-order valence-electron chi connectivity index (χ0n) is 12.5. The molecule has 1 aliphatic heterocycles. The van der Waals surface area contributed by atoms with Gasteiger partial charge in [0, 0.05) is 24.0 Å². The SMILES string of the molecule is Cc1cc(C)n2nc(C(=O)NCC3CCCN3)nc2n1.Cl.Cl. The van der Waals surface area contributed by atoms with Crippen molar-refractivity contribution >= 4 is 36.5 Å². The molecule has 1 fully saturated rings. The highest BCUT2D eigenvalue weighted by Crippen LogP contribution is 2.06. The minimum absolute atomic E-state index is 0. The van der Waals surface area contributed by atoms with Gasteiger partial charge in [-0.2, -0.15) is 4.98 Å². The van der Waals surface area contributed by atoms with Crippen molar-refractivity contribution in [2.75, 3.05) is 13.1 Å². The van der Waals surface area contributed by atoms with Gasteiger partial charge in [-0.25, -0.2) is 9.50 Å². The number of rotatable bonds is 3. The molecule has 1 aliphatic rings. The Morgan fingerprint density at radius 1 is 1.41 bits per heavy atom. The average Bonchev–Trinajstić information content (AvgIpc) is 3.04. The monoisotopic (exact) mass is 346 g/mol. The second kappa shape index (κ2) is 7.71. The van der Waals surface area contributed by atoms with Crippen LogP contribution in [0.25, 0.3) is 5.78 Å². The first-order chi connectivity index (χ1) is 9.63. The maximum Gasteiger partial charge on any atom is 0.291 e. The van der Waals surface area contributed by atoms with Crippen molar-refractivity contribution in [3.63, 3.8) is 0 Å². The third-order valence-electron chi connectivity index (χ3n) is 3.49. The number of amides is 1. The fourth-order valence-electron chi connectivity index (χ4n) is 2.49. The molecule has 122 valence electrons. The van der Waals surface area contributed by atoms with Gasteiger partial charge in [0.2, 0.25) is 5.82 Å². The number of hydrogen-bond donors (Lipinski definition) is 2. The minimum Gasteiger partial charge on any atom is -0.348 e. The van der Waals surface area contributed by atoms with Crippen LogP contribution in [-0.2, 0) is 0 Å². The van der Waals surface area contributed by atoms with Crippen molar-refractivity contribution in [3.8, 4) is 0 Å². The molecule has 9 heteroatoms. The fourth-order valence-corrected chi connectivity index (χ4v) is 2.49. The van der Waals surface area contributed by atoms with Crippen LogP contribution in [0.3, 0.4) is 0 Å². The van der Waals surface area contributed by atoms with E-state index in [0.717, 1.165) is 30.8 Å². The van der Waals surface area contributed by atoms with Crippen LogP contribution in [0.1, 0.15) is 34.8 Å². The van der Waals surface area contributed by atoms with Crippen LogP contribution >= 0.6 is 24.8 Å². The average molecular weight is 347 g/mol. The molecular formula is C13H20Cl2N6O. The topological polar surface area (TPSA) is 84.2 Å². The molecule has 0 radical (unpaired) electrons. The van der Waals surface area contributed by atoms with Crippen LogP contribution in [0.15, 0.2) is 6.07 Å². The molecule has 1 amide bonds. The third kappa shape index (κ3) is 3.85. The van der Waals surface area contributed by atoms with E-state index >= 15 is 0 Å². The zero-order valence-corrected chi connectivity index (χ0v) is 14.1. The maximum atomic E-state index is 12.1. The van der Waals surface area contributed by atoms with Gasteiger partial charge in [0.25, 0.3) is 11.7 Å². The zero-order chi connectivity index (χ0) is 14.1. The summed E-state index contributed by atoms with van der Waals surface area (Å²) in [6, 6.07) is 2.27. The molecule has 1 saturated heterocycles. The summed E-state index contributed by atoms with van der Waals surface area (Å²) >= 11 is 0. The molecule has 2 aromatic rings. The second-order valence-electron chi connectivity index (χ2n) is 5.19. The van der Waals surface area contributed by atoms with Crippen LogP contribution in [0.5, 0.6) is 0 Å². The normalized spacial score (nSPS) is 16.9. The Labute approximate surface area is 141 Å². The van der Waals surface area contributed by atoms with E-state index in [1.807, 2.05) is 19.9 Å². The van der Waals surface area contributed by atoms with Crippen LogP contribution in [-0.4, -0.2) is 44.6 Å². The lowest BCUT2D eigenvalue weighted by Crippen LogP contribution is -2.37. The van der Waals surface area contributed by atoms with Crippen LogP contribution in [0.2, 0.25) is 0 Å². The van der Waals surface area contributed by atoms with Crippen molar-refractivity contribution in [1.82, 2.24) is 30.2 Å². The number of fused-ring (bicyclic) bond motifs is 1. The summed E-state index contributed by atoms with van der Waals surface area (Å²) in [5.41, 5.74) is 1.78. The molecule has 1 atom stereocenters. The lowest BCUT2D eigenvalue weighted by molar-refractivity contribution is 0.0940. The molecule has 22 heavy (non-hydrogen) atoms.